The SMILES string of the molecule is CC(C)(C)OC(=O)N1C[C@H](Oc2cccc(Cl)c2)C[C@H]1CO. The second kappa shape index (κ2) is 6.75. The van der Waals surface area contributed by atoms with Crippen LogP contribution in [0.5, 0.6) is 5.75 Å². The minimum atomic E-state index is -0.566. The van der Waals surface area contributed by atoms with Crippen molar-refractivity contribution in [1.29, 1.82) is 0 Å². The van der Waals surface area contributed by atoms with Crippen LogP contribution in [0.3, 0.4) is 0 Å². The Kier molecular flexibility index (Phi) is 5.19. The molecule has 6 heteroatoms. The molecule has 1 aliphatic heterocycles. The maximum atomic E-state index is 12.2. The molecule has 1 aromatic rings. The van der Waals surface area contributed by atoms with Crippen molar-refractivity contribution in [1.82, 2.24) is 4.90 Å². The Morgan fingerprint density at radius 3 is 2.77 bits per heavy atom. The summed E-state index contributed by atoms with van der Waals surface area (Å²) in [6, 6.07) is 6.83. The number of rotatable bonds is 3. The summed E-state index contributed by atoms with van der Waals surface area (Å²) in [6.45, 7) is 5.71. The summed E-state index contributed by atoms with van der Waals surface area (Å²) in [5, 5.41) is 10.1. The van der Waals surface area contributed by atoms with Gasteiger partial charge in [-0.25, -0.2) is 4.79 Å². The number of carbonyl (C=O) groups is 1. The summed E-state index contributed by atoms with van der Waals surface area (Å²) in [4.78, 5) is 13.7. The molecule has 0 aromatic heterocycles. The van der Waals surface area contributed by atoms with E-state index in [4.69, 9.17) is 21.1 Å². The lowest BCUT2D eigenvalue weighted by Gasteiger charge is -2.27. The standard InChI is InChI=1S/C16H22ClNO4/c1-16(2,3)22-15(20)18-9-14(8-12(18)10-19)21-13-6-4-5-11(17)7-13/h4-7,12,14,19H,8-10H2,1-3H3/t12-,14+/m0/s1. The highest BCUT2D eigenvalue weighted by molar-refractivity contribution is 6.30. The van der Waals surface area contributed by atoms with Crippen LogP contribution in [0.4, 0.5) is 4.79 Å². The minimum absolute atomic E-state index is 0.116. The molecular formula is C16H22ClNO4. The van der Waals surface area contributed by atoms with Crippen molar-refractivity contribution in [3.63, 3.8) is 0 Å². The highest BCUT2D eigenvalue weighted by Crippen LogP contribution is 2.26. The van der Waals surface area contributed by atoms with E-state index < -0.39 is 11.7 Å². The van der Waals surface area contributed by atoms with Gasteiger partial charge in [0.1, 0.15) is 17.5 Å². The van der Waals surface area contributed by atoms with Gasteiger partial charge in [-0.2, -0.15) is 0 Å². The van der Waals surface area contributed by atoms with Gasteiger partial charge < -0.3 is 14.6 Å². The Morgan fingerprint density at radius 2 is 2.18 bits per heavy atom. The van der Waals surface area contributed by atoms with Crippen LogP contribution in [0.25, 0.3) is 0 Å². The van der Waals surface area contributed by atoms with E-state index in [2.05, 4.69) is 0 Å². The predicted molar refractivity (Wildman–Crippen MR) is 84.3 cm³/mol. The number of carbonyl (C=O) groups excluding carboxylic acids is 1. The van der Waals surface area contributed by atoms with E-state index in [-0.39, 0.29) is 18.8 Å². The number of aliphatic hydroxyl groups is 1. The topological polar surface area (TPSA) is 59.0 Å². The molecule has 122 valence electrons. The average Bonchev–Trinajstić information content (AvgIpc) is 2.80. The van der Waals surface area contributed by atoms with Crippen LogP contribution in [0.1, 0.15) is 27.2 Å². The number of halogens is 1. The second-order valence-corrected chi connectivity index (χ2v) is 6.84. The third-order valence-electron chi connectivity index (χ3n) is 3.31. The lowest BCUT2D eigenvalue weighted by Crippen LogP contribution is -2.41. The summed E-state index contributed by atoms with van der Waals surface area (Å²) < 4.78 is 11.2. The van der Waals surface area contributed by atoms with Gasteiger partial charge in [-0.3, -0.25) is 4.90 Å². The van der Waals surface area contributed by atoms with Crippen LogP contribution < -0.4 is 4.74 Å². The maximum absolute atomic E-state index is 12.2. The molecule has 0 unspecified atom stereocenters. The molecule has 0 bridgehead atoms. The van der Waals surface area contributed by atoms with Crippen LogP contribution >= 0.6 is 11.6 Å². The Bertz CT molecular complexity index is 529. The number of benzene rings is 1. The Hall–Kier alpha value is -1.46. The van der Waals surface area contributed by atoms with Crippen molar-refractivity contribution in [2.45, 2.75) is 44.9 Å². The van der Waals surface area contributed by atoms with Crippen molar-refractivity contribution in [2.24, 2.45) is 0 Å². The third kappa shape index (κ3) is 4.52. The predicted octanol–water partition coefficient (Wildman–Crippen LogP) is 3.09. The first-order valence-corrected chi connectivity index (χ1v) is 7.69. The molecule has 0 aliphatic carbocycles. The second-order valence-electron chi connectivity index (χ2n) is 6.40. The van der Waals surface area contributed by atoms with Gasteiger partial charge in [0.2, 0.25) is 0 Å². The summed E-state index contributed by atoms with van der Waals surface area (Å²) >= 11 is 5.93. The molecule has 1 N–H and O–H groups in total. The van der Waals surface area contributed by atoms with Crippen molar-refractivity contribution in [3.8, 4) is 5.75 Å². The van der Waals surface area contributed by atoms with Crippen LogP contribution in [-0.4, -0.2) is 47.0 Å². The van der Waals surface area contributed by atoms with E-state index >= 15 is 0 Å². The number of aliphatic hydroxyl groups excluding tert-OH is 1. The van der Waals surface area contributed by atoms with E-state index in [1.807, 2.05) is 32.9 Å². The highest BCUT2D eigenvalue weighted by atomic mass is 35.5. The molecule has 5 nitrogen and oxygen atoms in total. The Morgan fingerprint density at radius 1 is 1.45 bits per heavy atom. The molecule has 1 aliphatic rings. The monoisotopic (exact) mass is 327 g/mol. The average molecular weight is 328 g/mol. The van der Waals surface area contributed by atoms with E-state index in [0.29, 0.717) is 23.7 Å². The zero-order valence-electron chi connectivity index (χ0n) is 13.1. The normalized spacial score (nSPS) is 21.8. The molecule has 0 radical (unpaired) electrons. The zero-order chi connectivity index (χ0) is 16.3. The molecular weight excluding hydrogens is 306 g/mol. The molecule has 1 amide bonds. The van der Waals surface area contributed by atoms with E-state index in [1.165, 1.54) is 4.90 Å². The number of hydrogen-bond acceptors (Lipinski definition) is 4. The number of likely N-dealkylation sites (tertiary alicyclic amines) is 1. The quantitative estimate of drug-likeness (QED) is 0.926. The summed E-state index contributed by atoms with van der Waals surface area (Å²) in [5.74, 6) is 0.653. The molecule has 1 saturated heterocycles. The van der Waals surface area contributed by atoms with E-state index in [1.54, 1.807) is 12.1 Å². The fourth-order valence-electron chi connectivity index (χ4n) is 2.41. The maximum Gasteiger partial charge on any atom is 0.410 e. The van der Waals surface area contributed by atoms with Gasteiger partial charge >= 0.3 is 6.09 Å². The summed E-state index contributed by atoms with van der Waals surface area (Å²) in [5.41, 5.74) is -0.566. The van der Waals surface area contributed by atoms with Crippen molar-refractivity contribution in [2.75, 3.05) is 13.2 Å². The van der Waals surface area contributed by atoms with Gasteiger partial charge in [0.05, 0.1) is 19.2 Å². The third-order valence-corrected chi connectivity index (χ3v) is 3.55. The number of nitrogens with zero attached hydrogens (tertiary/aromatic N) is 1. The summed E-state index contributed by atoms with van der Waals surface area (Å²) in [7, 11) is 0. The van der Waals surface area contributed by atoms with Gasteiger partial charge in [-0.1, -0.05) is 17.7 Å². The lowest BCUT2D eigenvalue weighted by molar-refractivity contribution is 0.0165. The van der Waals surface area contributed by atoms with E-state index in [9.17, 15) is 9.90 Å². The van der Waals surface area contributed by atoms with Crippen LogP contribution in [0.15, 0.2) is 24.3 Å². The highest BCUT2D eigenvalue weighted by Gasteiger charge is 2.38. The number of amides is 1. The fraction of sp³-hybridized carbons (Fsp3) is 0.562. The number of hydrogen-bond donors (Lipinski definition) is 1. The smallest absolute Gasteiger partial charge is 0.410 e. The Balaban J connectivity index is 2.01. The molecule has 0 spiro atoms. The van der Waals surface area contributed by atoms with Crippen LogP contribution in [-0.2, 0) is 4.74 Å². The van der Waals surface area contributed by atoms with Gasteiger partial charge in [-0.05, 0) is 39.0 Å². The van der Waals surface area contributed by atoms with Gasteiger partial charge in [0.25, 0.3) is 0 Å². The lowest BCUT2D eigenvalue weighted by atomic mass is 10.2. The van der Waals surface area contributed by atoms with Crippen molar-refractivity contribution in [3.05, 3.63) is 29.3 Å². The van der Waals surface area contributed by atoms with Crippen molar-refractivity contribution < 1.29 is 19.4 Å². The number of ether oxygens (including phenoxy) is 2. The Labute approximate surface area is 135 Å². The first kappa shape index (κ1) is 16.9. The van der Waals surface area contributed by atoms with Crippen LogP contribution in [0.2, 0.25) is 5.02 Å². The molecule has 2 rings (SSSR count). The molecule has 1 aromatic carbocycles. The van der Waals surface area contributed by atoms with Gasteiger partial charge in [0.15, 0.2) is 0 Å². The molecule has 0 saturated carbocycles. The molecule has 1 fully saturated rings. The summed E-state index contributed by atoms with van der Waals surface area (Å²) in [6.07, 6.45) is -0.0608. The first-order valence-electron chi connectivity index (χ1n) is 7.31. The van der Waals surface area contributed by atoms with Crippen molar-refractivity contribution >= 4 is 17.7 Å². The molecule has 1 heterocycles. The zero-order valence-corrected chi connectivity index (χ0v) is 13.8. The molecule has 22 heavy (non-hydrogen) atoms. The van der Waals surface area contributed by atoms with Crippen LogP contribution in [0, 0.1) is 0 Å². The van der Waals surface area contributed by atoms with Gasteiger partial charge in [-0.15, -0.1) is 0 Å². The van der Waals surface area contributed by atoms with Gasteiger partial charge in [0, 0.05) is 11.4 Å². The molecule has 2 atom stereocenters. The fourth-order valence-corrected chi connectivity index (χ4v) is 2.59. The minimum Gasteiger partial charge on any atom is -0.488 e. The van der Waals surface area contributed by atoms with E-state index in [0.717, 1.165) is 0 Å². The first-order chi connectivity index (χ1) is 10.3. The largest absolute Gasteiger partial charge is 0.488 e.